The van der Waals surface area contributed by atoms with Crippen molar-refractivity contribution in [3.05, 3.63) is 35.2 Å². The van der Waals surface area contributed by atoms with Crippen LogP contribution in [0.3, 0.4) is 0 Å². The van der Waals surface area contributed by atoms with Gasteiger partial charge in [-0.1, -0.05) is 12.6 Å². The van der Waals surface area contributed by atoms with E-state index in [1.54, 1.807) is 11.3 Å². The molecule has 0 fully saturated rings. The Balaban J connectivity index is 2.10. The zero-order chi connectivity index (χ0) is 10.2. The molecule has 0 saturated carbocycles. The molecule has 14 heavy (non-hydrogen) atoms. The van der Waals surface area contributed by atoms with Crippen molar-refractivity contribution >= 4 is 11.3 Å². The maximum atomic E-state index is 5.03. The van der Waals surface area contributed by atoms with Crippen molar-refractivity contribution < 1.29 is 4.74 Å². The first kappa shape index (κ1) is 11.3. The fourth-order valence-corrected chi connectivity index (χ4v) is 1.95. The van der Waals surface area contributed by atoms with Crippen molar-refractivity contribution in [3.8, 4) is 0 Å². The van der Waals surface area contributed by atoms with Crippen LogP contribution in [-0.4, -0.2) is 13.2 Å². The Morgan fingerprint density at radius 3 is 3.21 bits per heavy atom. The number of nitrogens with one attached hydrogen (secondary N) is 1. The summed E-state index contributed by atoms with van der Waals surface area (Å²) in [5, 5.41) is 5.55. The van der Waals surface area contributed by atoms with E-state index in [2.05, 4.69) is 36.3 Å². The summed E-state index contributed by atoms with van der Waals surface area (Å²) in [6.45, 7) is 7.40. The van der Waals surface area contributed by atoms with Crippen LogP contribution in [0.5, 0.6) is 0 Å². The molecule has 0 bridgehead atoms. The second-order valence-corrected chi connectivity index (χ2v) is 4.06. The van der Waals surface area contributed by atoms with Gasteiger partial charge in [0.05, 0.1) is 12.9 Å². The third-order valence-electron chi connectivity index (χ3n) is 1.98. The zero-order valence-corrected chi connectivity index (χ0v) is 9.35. The van der Waals surface area contributed by atoms with E-state index in [1.165, 1.54) is 11.1 Å². The van der Waals surface area contributed by atoms with Gasteiger partial charge >= 0.3 is 0 Å². The lowest BCUT2D eigenvalue weighted by Crippen LogP contribution is -2.19. The standard InChI is InChI=1S/C11H17NOS/c1-3-13-8-5-7-12-10(2)11-6-4-9-14-11/h3-4,6,9-10,12H,1,5,7-8H2,2H3. The summed E-state index contributed by atoms with van der Waals surface area (Å²) >= 11 is 1.79. The van der Waals surface area contributed by atoms with Crippen molar-refractivity contribution in [2.75, 3.05) is 13.2 Å². The summed E-state index contributed by atoms with van der Waals surface area (Å²) in [7, 11) is 0. The molecule has 1 aromatic rings. The molecule has 0 saturated heterocycles. The Morgan fingerprint density at radius 1 is 1.71 bits per heavy atom. The van der Waals surface area contributed by atoms with E-state index in [1.807, 2.05) is 0 Å². The lowest BCUT2D eigenvalue weighted by atomic mass is 10.2. The van der Waals surface area contributed by atoms with Crippen LogP contribution in [0, 0.1) is 0 Å². The SMILES string of the molecule is C=COCCCNC(C)c1cccs1. The van der Waals surface area contributed by atoms with Crippen LogP contribution in [0.1, 0.15) is 24.3 Å². The maximum absolute atomic E-state index is 5.03. The molecule has 1 N–H and O–H groups in total. The van der Waals surface area contributed by atoms with Gasteiger partial charge in [0.1, 0.15) is 0 Å². The van der Waals surface area contributed by atoms with Gasteiger partial charge in [0.15, 0.2) is 0 Å². The fraction of sp³-hybridized carbons (Fsp3) is 0.455. The molecule has 0 aliphatic heterocycles. The quantitative estimate of drug-likeness (QED) is 0.553. The molecular weight excluding hydrogens is 194 g/mol. The highest BCUT2D eigenvalue weighted by atomic mass is 32.1. The molecule has 1 aromatic heterocycles. The van der Waals surface area contributed by atoms with Crippen molar-refractivity contribution in [2.45, 2.75) is 19.4 Å². The maximum Gasteiger partial charge on any atom is 0.0885 e. The molecule has 78 valence electrons. The summed E-state index contributed by atoms with van der Waals surface area (Å²) in [6.07, 6.45) is 2.50. The molecule has 0 radical (unpaired) electrons. The van der Waals surface area contributed by atoms with Gasteiger partial charge in [-0.05, 0) is 31.3 Å². The number of ether oxygens (including phenoxy) is 1. The normalized spacial score (nSPS) is 12.4. The minimum atomic E-state index is 0.443. The highest BCUT2D eigenvalue weighted by molar-refractivity contribution is 7.10. The van der Waals surface area contributed by atoms with E-state index >= 15 is 0 Å². The summed E-state index contributed by atoms with van der Waals surface area (Å²) in [6, 6.07) is 4.68. The number of thiophene rings is 1. The summed E-state index contributed by atoms with van der Waals surface area (Å²) in [4.78, 5) is 1.38. The van der Waals surface area contributed by atoms with E-state index in [0.29, 0.717) is 6.04 Å². The van der Waals surface area contributed by atoms with Gasteiger partial charge in [0.25, 0.3) is 0 Å². The van der Waals surface area contributed by atoms with Crippen molar-refractivity contribution in [2.24, 2.45) is 0 Å². The number of hydrogen-bond donors (Lipinski definition) is 1. The molecule has 3 heteroatoms. The minimum Gasteiger partial charge on any atom is -0.502 e. The van der Waals surface area contributed by atoms with Gasteiger partial charge in [-0.15, -0.1) is 11.3 Å². The van der Waals surface area contributed by atoms with Crippen LogP contribution in [0.25, 0.3) is 0 Å². The average Bonchev–Trinajstić information content (AvgIpc) is 2.70. The third-order valence-corrected chi connectivity index (χ3v) is 3.03. The number of hydrogen-bond acceptors (Lipinski definition) is 3. The molecule has 1 atom stereocenters. The average molecular weight is 211 g/mol. The van der Waals surface area contributed by atoms with Crippen molar-refractivity contribution in [3.63, 3.8) is 0 Å². The molecule has 0 aliphatic rings. The lowest BCUT2D eigenvalue weighted by molar-refractivity contribution is 0.243. The topological polar surface area (TPSA) is 21.3 Å². The summed E-state index contributed by atoms with van der Waals surface area (Å²) in [5.41, 5.74) is 0. The minimum absolute atomic E-state index is 0.443. The smallest absolute Gasteiger partial charge is 0.0885 e. The van der Waals surface area contributed by atoms with Crippen LogP contribution < -0.4 is 5.32 Å². The zero-order valence-electron chi connectivity index (χ0n) is 8.53. The molecule has 0 amide bonds. The van der Waals surface area contributed by atoms with E-state index in [0.717, 1.165) is 19.6 Å². The van der Waals surface area contributed by atoms with Gasteiger partial charge in [-0.3, -0.25) is 0 Å². The van der Waals surface area contributed by atoms with E-state index in [4.69, 9.17) is 4.74 Å². The van der Waals surface area contributed by atoms with Gasteiger partial charge in [-0.2, -0.15) is 0 Å². The van der Waals surface area contributed by atoms with E-state index in [-0.39, 0.29) is 0 Å². The van der Waals surface area contributed by atoms with Gasteiger partial charge in [0.2, 0.25) is 0 Å². The highest BCUT2D eigenvalue weighted by Gasteiger charge is 2.03. The Labute approximate surface area is 89.6 Å². The molecule has 1 heterocycles. The second-order valence-electron chi connectivity index (χ2n) is 3.08. The molecule has 0 aliphatic carbocycles. The van der Waals surface area contributed by atoms with Crippen molar-refractivity contribution in [1.29, 1.82) is 0 Å². The van der Waals surface area contributed by atoms with Crippen LogP contribution in [-0.2, 0) is 4.74 Å². The van der Waals surface area contributed by atoms with E-state index in [9.17, 15) is 0 Å². The highest BCUT2D eigenvalue weighted by Crippen LogP contribution is 2.17. The van der Waals surface area contributed by atoms with Crippen LogP contribution in [0.2, 0.25) is 0 Å². The molecule has 0 aromatic carbocycles. The van der Waals surface area contributed by atoms with Crippen LogP contribution in [0.4, 0.5) is 0 Å². The summed E-state index contributed by atoms with van der Waals surface area (Å²) in [5.74, 6) is 0. The van der Waals surface area contributed by atoms with Crippen molar-refractivity contribution in [1.82, 2.24) is 5.32 Å². The Morgan fingerprint density at radius 2 is 2.57 bits per heavy atom. The first-order chi connectivity index (χ1) is 6.84. The predicted octanol–water partition coefficient (Wildman–Crippen LogP) is 2.95. The molecule has 1 rings (SSSR count). The molecular formula is C11H17NOS. The first-order valence-corrected chi connectivity index (χ1v) is 5.72. The Hall–Kier alpha value is -0.800. The lowest BCUT2D eigenvalue weighted by Gasteiger charge is -2.11. The largest absolute Gasteiger partial charge is 0.502 e. The first-order valence-electron chi connectivity index (χ1n) is 4.84. The Bertz CT molecular complexity index is 246. The van der Waals surface area contributed by atoms with Crippen LogP contribution >= 0.6 is 11.3 Å². The third kappa shape index (κ3) is 3.94. The van der Waals surface area contributed by atoms with E-state index < -0.39 is 0 Å². The van der Waals surface area contributed by atoms with Gasteiger partial charge < -0.3 is 10.1 Å². The molecule has 1 unspecified atom stereocenters. The molecule has 0 spiro atoms. The van der Waals surface area contributed by atoms with Gasteiger partial charge in [0, 0.05) is 10.9 Å². The van der Waals surface area contributed by atoms with Crippen LogP contribution in [0.15, 0.2) is 30.4 Å². The monoisotopic (exact) mass is 211 g/mol. The summed E-state index contributed by atoms with van der Waals surface area (Å²) < 4.78 is 5.03. The Kier molecular flexibility index (Phi) is 5.33. The molecule has 2 nitrogen and oxygen atoms in total. The predicted molar refractivity (Wildman–Crippen MR) is 61.5 cm³/mol. The van der Waals surface area contributed by atoms with Gasteiger partial charge in [-0.25, -0.2) is 0 Å². The number of rotatable bonds is 7. The second kappa shape index (κ2) is 6.62. The fourth-order valence-electron chi connectivity index (χ4n) is 1.20.